The lowest BCUT2D eigenvalue weighted by molar-refractivity contribution is 0.0323. The Balaban J connectivity index is 4.34. The van der Waals surface area contributed by atoms with E-state index < -0.39 is 9.84 Å². The molecule has 2 atom stereocenters. The second-order valence-electron chi connectivity index (χ2n) is 4.14. The Labute approximate surface area is 92.3 Å². The summed E-state index contributed by atoms with van der Waals surface area (Å²) in [7, 11) is -1.34. The molecule has 0 amide bonds. The molecule has 0 rings (SSSR count). The molecule has 0 aromatic heterocycles. The number of hydrogen-bond acceptors (Lipinski definition) is 5. The topological polar surface area (TPSA) is 81.4 Å². The Morgan fingerprint density at radius 2 is 1.93 bits per heavy atom. The average Bonchev–Trinajstić information content (AvgIpc) is 2.09. The first kappa shape index (κ1) is 14.8. The van der Waals surface area contributed by atoms with Crippen LogP contribution in [0.1, 0.15) is 20.3 Å². The van der Waals surface area contributed by atoms with Gasteiger partial charge in [-0.15, -0.1) is 0 Å². The van der Waals surface area contributed by atoms with Crippen molar-refractivity contribution in [1.82, 2.24) is 5.43 Å². The van der Waals surface area contributed by atoms with E-state index in [-0.39, 0.29) is 23.8 Å². The molecule has 0 aromatic rings. The third-order valence-corrected chi connectivity index (χ3v) is 3.32. The minimum atomic E-state index is -2.95. The molecular formula is C9H22N2O3S. The van der Waals surface area contributed by atoms with Gasteiger partial charge in [0, 0.05) is 19.4 Å². The fraction of sp³-hybridized carbons (Fsp3) is 1.00. The van der Waals surface area contributed by atoms with Crippen LogP contribution >= 0.6 is 0 Å². The minimum absolute atomic E-state index is 0.0725. The zero-order chi connectivity index (χ0) is 12.1. The summed E-state index contributed by atoms with van der Waals surface area (Å²) in [5.41, 5.74) is 2.62. The highest BCUT2D eigenvalue weighted by atomic mass is 32.2. The van der Waals surface area contributed by atoms with E-state index in [1.165, 1.54) is 6.26 Å². The lowest BCUT2D eigenvalue weighted by Gasteiger charge is -2.28. The van der Waals surface area contributed by atoms with Crippen LogP contribution in [0.2, 0.25) is 0 Å². The van der Waals surface area contributed by atoms with Crippen LogP contribution in [0, 0.1) is 5.92 Å². The molecule has 0 aliphatic rings. The van der Waals surface area contributed by atoms with Crippen LogP contribution < -0.4 is 11.3 Å². The number of ether oxygens (including phenoxy) is 1. The second-order valence-corrected chi connectivity index (χ2v) is 6.40. The van der Waals surface area contributed by atoms with Crippen molar-refractivity contribution in [3.8, 4) is 0 Å². The van der Waals surface area contributed by atoms with Crippen LogP contribution in [-0.4, -0.2) is 39.7 Å². The van der Waals surface area contributed by atoms with Gasteiger partial charge in [-0.3, -0.25) is 11.3 Å². The van der Waals surface area contributed by atoms with Crippen molar-refractivity contribution in [3.63, 3.8) is 0 Å². The van der Waals surface area contributed by atoms with Gasteiger partial charge in [-0.1, -0.05) is 13.8 Å². The second kappa shape index (κ2) is 6.42. The number of methoxy groups -OCH3 is 1. The molecule has 3 N–H and O–H groups in total. The normalized spacial score (nSPS) is 16.7. The molecule has 0 radical (unpaired) electrons. The van der Waals surface area contributed by atoms with Crippen LogP contribution in [0.15, 0.2) is 0 Å². The van der Waals surface area contributed by atoms with E-state index in [4.69, 9.17) is 10.6 Å². The highest BCUT2D eigenvalue weighted by Gasteiger charge is 2.24. The first-order valence-electron chi connectivity index (χ1n) is 4.98. The van der Waals surface area contributed by atoms with E-state index in [1.807, 2.05) is 13.8 Å². The van der Waals surface area contributed by atoms with Gasteiger partial charge in [-0.25, -0.2) is 8.42 Å². The van der Waals surface area contributed by atoms with Crippen LogP contribution in [0.3, 0.4) is 0 Å². The Morgan fingerprint density at radius 3 is 2.20 bits per heavy atom. The molecule has 0 aliphatic carbocycles. The van der Waals surface area contributed by atoms with Crippen molar-refractivity contribution in [1.29, 1.82) is 0 Å². The van der Waals surface area contributed by atoms with Crippen LogP contribution in [0.4, 0.5) is 0 Å². The van der Waals surface area contributed by atoms with E-state index >= 15 is 0 Å². The van der Waals surface area contributed by atoms with Crippen molar-refractivity contribution in [3.05, 3.63) is 0 Å². The number of rotatable bonds is 7. The molecule has 5 nitrogen and oxygen atoms in total. The molecule has 0 spiro atoms. The quantitative estimate of drug-likeness (QED) is 0.479. The van der Waals surface area contributed by atoms with E-state index in [0.29, 0.717) is 6.42 Å². The zero-order valence-corrected chi connectivity index (χ0v) is 10.7. The summed E-state index contributed by atoms with van der Waals surface area (Å²) in [4.78, 5) is 0. The van der Waals surface area contributed by atoms with Gasteiger partial charge in [0.15, 0.2) is 0 Å². The third kappa shape index (κ3) is 6.09. The summed E-state index contributed by atoms with van der Waals surface area (Å²) in [6.45, 7) is 4.03. The fourth-order valence-corrected chi connectivity index (χ4v) is 2.27. The van der Waals surface area contributed by atoms with Crippen molar-refractivity contribution >= 4 is 9.84 Å². The molecule has 0 fully saturated rings. The summed E-state index contributed by atoms with van der Waals surface area (Å²) >= 11 is 0. The van der Waals surface area contributed by atoms with Crippen molar-refractivity contribution < 1.29 is 13.2 Å². The molecule has 0 aliphatic heterocycles. The summed E-state index contributed by atoms with van der Waals surface area (Å²) < 4.78 is 27.3. The molecule has 0 saturated carbocycles. The average molecular weight is 238 g/mol. The van der Waals surface area contributed by atoms with E-state index in [0.717, 1.165) is 0 Å². The van der Waals surface area contributed by atoms with Crippen molar-refractivity contribution in [2.75, 3.05) is 19.1 Å². The number of sulfone groups is 1. The van der Waals surface area contributed by atoms with Gasteiger partial charge in [0.25, 0.3) is 0 Å². The Kier molecular flexibility index (Phi) is 6.35. The van der Waals surface area contributed by atoms with Gasteiger partial charge in [-0.05, 0) is 12.3 Å². The molecular weight excluding hydrogens is 216 g/mol. The Bertz CT molecular complexity index is 265. The molecule has 15 heavy (non-hydrogen) atoms. The maximum atomic E-state index is 11.0. The van der Waals surface area contributed by atoms with Gasteiger partial charge in [0.2, 0.25) is 0 Å². The van der Waals surface area contributed by atoms with Gasteiger partial charge >= 0.3 is 0 Å². The lowest BCUT2D eigenvalue weighted by atomic mass is 9.98. The van der Waals surface area contributed by atoms with E-state index in [9.17, 15) is 8.42 Å². The Morgan fingerprint density at radius 1 is 1.40 bits per heavy atom. The monoisotopic (exact) mass is 238 g/mol. The predicted octanol–water partition coefficient (Wildman–Crippen LogP) is -0.0760. The first-order valence-corrected chi connectivity index (χ1v) is 7.04. The maximum absolute atomic E-state index is 11.0. The van der Waals surface area contributed by atoms with Gasteiger partial charge < -0.3 is 4.74 Å². The SMILES string of the molecule is COC(C(C)C)C(CCS(C)(=O)=O)NN. The molecule has 2 unspecified atom stereocenters. The lowest BCUT2D eigenvalue weighted by Crippen LogP contribution is -2.48. The van der Waals surface area contributed by atoms with Gasteiger partial charge in [0.1, 0.15) is 9.84 Å². The minimum Gasteiger partial charge on any atom is -0.380 e. The van der Waals surface area contributed by atoms with Crippen LogP contribution in [0.25, 0.3) is 0 Å². The fourth-order valence-electron chi connectivity index (χ4n) is 1.58. The smallest absolute Gasteiger partial charge is 0.147 e. The predicted molar refractivity (Wildman–Crippen MR) is 61.1 cm³/mol. The van der Waals surface area contributed by atoms with Crippen LogP contribution in [-0.2, 0) is 14.6 Å². The van der Waals surface area contributed by atoms with E-state index in [1.54, 1.807) is 7.11 Å². The highest BCUT2D eigenvalue weighted by Crippen LogP contribution is 2.13. The van der Waals surface area contributed by atoms with Gasteiger partial charge in [0.05, 0.1) is 11.9 Å². The Hall–Kier alpha value is -0.170. The van der Waals surface area contributed by atoms with Gasteiger partial charge in [-0.2, -0.15) is 0 Å². The maximum Gasteiger partial charge on any atom is 0.147 e. The molecule has 0 heterocycles. The molecule has 0 aromatic carbocycles. The summed E-state index contributed by atoms with van der Waals surface area (Å²) in [5.74, 6) is 5.80. The summed E-state index contributed by atoms with van der Waals surface area (Å²) in [5, 5.41) is 0. The number of nitrogens with two attached hydrogens (primary N) is 1. The summed E-state index contributed by atoms with van der Waals surface area (Å²) in [6.07, 6.45) is 1.61. The standard InChI is InChI=1S/C9H22N2O3S/c1-7(2)9(14-3)8(11-10)5-6-15(4,12)13/h7-9,11H,5-6,10H2,1-4H3. The number of hydrogen-bond donors (Lipinski definition) is 2. The molecule has 6 heteroatoms. The van der Waals surface area contributed by atoms with Crippen molar-refractivity contribution in [2.45, 2.75) is 32.4 Å². The van der Waals surface area contributed by atoms with E-state index in [2.05, 4.69) is 5.43 Å². The zero-order valence-electron chi connectivity index (χ0n) is 9.86. The first-order chi connectivity index (χ1) is 6.81. The molecule has 0 saturated heterocycles. The van der Waals surface area contributed by atoms with Crippen LogP contribution in [0.5, 0.6) is 0 Å². The highest BCUT2D eigenvalue weighted by molar-refractivity contribution is 7.90. The summed E-state index contributed by atoms with van der Waals surface area (Å²) in [6, 6.07) is -0.135. The number of hydrazine groups is 1. The third-order valence-electron chi connectivity index (χ3n) is 2.34. The largest absolute Gasteiger partial charge is 0.380 e. The number of nitrogens with one attached hydrogen (secondary N) is 1. The van der Waals surface area contributed by atoms with Crippen molar-refractivity contribution in [2.24, 2.45) is 11.8 Å². The molecule has 0 bridgehead atoms. The molecule has 92 valence electrons.